The van der Waals surface area contributed by atoms with Crippen LogP contribution in [0.15, 0.2) is 50.0 Å². The highest BCUT2D eigenvalue weighted by atomic mass is 16.6. The number of carbonyl (C=O) groups excluding carboxylic acids is 4. The predicted octanol–water partition coefficient (Wildman–Crippen LogP) is 5.44. The monoisotopic (exact) mass is 755 g/mol. The Bertz CT molecular complexity index is 1600. The second kappa shape index (κ2) is 25.4. The number of nitrogens with one attached hydrogen (secondary N) is 1. The number of unbranched alkanes of at least 4 members (excludes halogenated alkanes) is 8. The number of aliphatic hydroxyl groups excluding tert-OH is 1. The van der Waals surface area contributed by atoms with Gasteiger partial charge in [0.15, 0.2) is 23.7 Å². The van der Waals surface area contributed by atoms with Gasteiger partial charge in [-0.05, 0) is 57.2 Å². The van der Waals surface area contributed by atoms with Crippen molar-refractivity contribution in [3.63, 3.8) is 0 Å². The lowest BCUT2D eigenvalue weighted by Crippen LogP contribution is -2.55. The van der Waals surface area contributed by atoms with E-state index in [1.165, 1.54) is 33.0 Å². The van der Waals surface area contributed by atoms with Crippen molar-refractivity contribution in [1.29, 1.82) is 0 Å². The number of allylic oxidation sites excluding steroid dienone is 1. The number of benzene rings is 1. The van der Waals surface area contributed by atoms with Gasteiger partial charge in [-0.3, -0.25) is 9.59 Å². The Labute approximate surface area is 317 Å². The number of ether oxygens (including phenoxy) is 3. The fourth-order valence-electron chi connectivity index (χ4n) is 5.75. The molecule has 3 N–H and O–H groups in total. The van der Waals surface area contributed by atoms with E-state index < -0.39 is 60.9 Å². The van der Waals surface area contributed by atoms with Gasteiger partial charge in [-0.15, -0.1) is 5.92 Å². The molecule has 0 aliphatic heterocycles. The normalized spacial score (nSPS) is 13.3. The van der Waals surface area contributed by atoms with Gasteiger partial charge in [-0.1, -0.05) is 75.7 Å². The lowest BCUT2D eigenvalue weighted by molar-refractivity contribution is -0.176. The van der Waals surface area contributed by atoms with Crippen molar-refractivity contribution < 1.29 is 52.4 Å². The minimum atomic E-state index is -2.59. The molecule has 0 aliphatic carbocycles. The minimum Gasteiger partial charge on any atom is -0.481 e. The number of Topliss-reactive ketones (excluding diaryl/α,β-unsaturated/α-hetero) is 1. The van der Waals surface area contributed by atoms with Crippen molar-refractivity contribution in [1.82, 2.24) is 5.32 Å². The van der Waals surface area contributed by atoms with Crippen molar-refractivity contribution in [3.05, 3.63) is 64.1 Å². The Morgan fingerprint density at radius 2 is 1.65 bits per heavy atom. The molecule has 298 valence electrons. The van der Waals surface area contributed by atoms with Crippen LogP contribution in [0, 0.1) is 24.7 Å². The van der Waals surface area contributed by atoms with E-state index in [4.69, 9.17) is 23.0 Å². The molecule has 1 aromatic heterocycles. The quantitative estimate of drug-likeness (QED) is 0.0453. The smallest absolute Gasteiger partial charge is 0.481 e. The highest BCUT2D eigenvalue weighted by molar-refractivity contribution is 5.93. The lowest BCUT2D eigenvalue weighted by atomic mass is 9.83. The zero-order valence-electron chi connectivity index (χ0n) is 32.1. The number of aliphatic hydroxyl groups is 2. The number of amides is 1. The van der Waals surface area contributed by atoms with Gasteiger partial charge in [0, 0.05) is 32.3 Å². The number of esters is 2. The van der Waals surface area contributed by atoms with Crippen molar-refractivity contribution in [2.24, 2.45) is 5.92 Å². The maximum Gasteiger partial charge on any atom is 0.519 e. The molecule has 2 rings (SSSR count). The number of ketones is 1. The summed E-state index contributed by atoms with van der Waals surface area (Å²) in [4.78, 5) is 64.0. The highest BCUT2D eigenvalue weighted by Crippen LogP contribution is 2.27. The summed E-state index contributed by atoms with van der Waals surface area (Å²) in [5.74, 6) is 0.811. The first-order chi connectivity index (χ1) is 26.0. The Kier molecular flexibility index (Phi) is 21.4. The van der Waals surface area contributed by atoms with Crippen LogP contribution in [-0.4, -0.2) is 65.8 Å². The third kappa shape index (κ3) is 16.1. The molecule has 0 bridgehead atoms. The molecule has 1 heterocycles. The second-order valence-corrected chi connectivity index (χ2v) is 13.1. The summed E-state index contributed by atoms with van der Waals surface area (Å²) in [6.45, 7) is 4.22. The molecule has 0 radical (unpaired) electrons. The standard InChI is InChI=1S/C41H57NO12/c1-5-7-9-12-15-18-32(44)19-16-13-10-11-14-17-20-34(41(49,25-26-43)39(47)52-29-36-30(3)53-40(48)54-36)37(45)42-35(38(46)50-4)28-31-21-23-33(24-22-31)51-27-8-6-2/h17,20-24,34-35,43,49H,5,7,9-16,18-19,25-29H2,1-4H3,(H,42,45)/t34-,35+,41+/m1/s1. The molecule has 0 spiro atoms. The van der Waals surface area contributed by atoms with Crippen LogP contribution >= 0.6 is 0 Å². The van der Waals surface area contributed by atoms with E-state index in [-0.39, 0.29) is 30.3 Å². The predicted molar refractivity (Wildman–Crippen MR) is 200 cm³/mol. The first kappa shape index (κ1) is 45.5. The molecule has 3 atom stereocenters. The Balaban J connectivity index is 2.18. The van der Waals surface area contributed by atoms with Crippen molar-refractivity contribution in [2.45, 2.75) is 129 Å². The summed E-state index contributed by atoms with van der Waals surface area (Å²) in [7, 11) is 1.17. The van der Waals surface area contributed by atoms with Gasteiger partial charge in [0.2, 0.25) is 5.91 Å². The van der Waals surface area contributed by atoms with Gasteiger partial charge in [0.1, 0.15) is 24.2 Å². The number of carbonyl (C=O) groups is 4. The zero-order valence-corrected chi connectivity index (χ0v) is 32.1. The summed E-state index contributed by atoms with van der Waals surface area (Å²) < 4.78 is 25.4. The lowest BCUT2D eigenvalue weighted by Gasteiger charge is -2.32. The summed E-state index contributed by atoms with van der Waals surface area (Å²) in [5.41, 5.74) is -1.94. The SMILES string of the molecule is CC#CCOc1ccc(C[C@H](NC(=O)[C@@H](C=CCCCCCCC(=O)CCCCCCC)[C@@](O)(CCO)C(=O)OCc2oc(=O)oc2C)C(=O)OC)cc1. The van der Waals surface area contributed by atoms with Crippen molar-refractivity contribution in [2.75, 3.05) is 20.3 Å². The zero-order chi connectivity index (χ0) is 39.8. The first-order valence-corrected chi connectivity index (χ1v) is 18.8. The Morgan fingerprint density at radius 1 is 0.981 bits per heavy atom. The molecule has 0 aliphatic rings. The average Bonchev–Trinajstić information content (AvgIpc) is 3.48. The molecule has 0 fully saturated rings. The number of rotatable bonds is 27. The van der Waals surface area contributed by atoms with Gasteiger partial charge < -0.3 is 38.6 Å². The maximum absolute atomic E-state index is 14.0. The molecule has 54 heavy (non-hydrogen) atoms. The molecule has 0 saturated heterocycles. The van der Waals surface area contributed by atoms with Crippen LogP contribution in [0.1, 0.15) is 114 Å². The minimum absolute atomic E-state index is 0.00687. The van der Waals surface area contributed by atoms with Crippen LogP contribution in [0.2, 0.25) is 0 Å². The van der Waals surface area contributed by atoms with Crippen LogP contribution in [0.3, 0.4) is 0 Å². The van der Waals surface area contributed by atoms with Gasteiger partial charge in [0.05, 0.1) is 13.0 Å². The van der Waals surface area contributed by atoms with Crippen LogP contribution in [0.25, 0.3) is 0 Å². The molecular weight excluding hydrogens is 698 g/mol. The van der Waals surface area contributed by atoms with Crippen LogP contribution in [0.4, 0.5) is 0 Å². The Morgan fingerprint density at radius 3 is 2.24 bits per heavy atom. The van der Waals surface area contributed by atoms with E-state index in [2.05, 4.69) is 24.1 Å². The van der Waals surface area contributed by atoms with E-state index in [0.29, 0.717) is 37.0 Å². The molecule has 0 saturated carbocycles. The van der Waals surface area contributed by atoms with Gasteiger partial charge in [-0.2, -0.15) is 0 Å². The number of hydrogen-bond acceptors (Lipinski definition) is 12. The van der Waals surface area contributed by atoms with Gasteiger partial charge in [-0.25, -0.2) is 14.4 Å². The number of methoxy groups -OCH3 is 1. The maximum atomic E-state index is 14.0. The fraction of sp³-hybridized carbons (Fsp3) is 0.585. The van der Waals surface area contributed by atoms with Crippen LogP contribution in [0.5, 0.6) is 5.75 Å². The highest BCUT2D eigenvalue weighted by Gasteiger charge is 2.48. The third-order valence-corrected chi connectivity index (χ3v) is 8.93. The largest absolute Gasteiger partial charge is 0.519 e. The van der Waals surface area contributed by atoms with E-state index in [1.54, 1.807) is 37.3 Å². The average molecular weight is 756 g/mol. The fourth-order valence-corrected chi connectivity index (χ4v) is 5.75. The molecule has 1 amide bonds. The van der Waals surface area contributed by atoms with Gasteiger partial charge in [0.25, 0.3) is 0 Å². The van der Waals surface area contributed by atoms with E-state index in [9.17, 15) is 34.2 Å². The summed E-state index contributed by atoms with van der Waals surface area (Å²) in [6, 6.07) is 5.61. The van der Waals surface area contributed by atoms with E-state index >= 15 is 0 Å². The molecule has 13 heteroatoms. The van der Waals surface area contributed by atoms with Crippen LogP contribution < -0.4 is 15.9 Å². The van der Waals surface area contributed by atoms with Crippen molar-refractivity contribution in [3.8, 4) is 17.6 Å². The summed E-state index contributed by atoms with van der Waals surface area (Å²) >= 11 is 0. The van der Waals surface area contributed by atoms with E-state index in [0.717, 1.165) is 38.5 Å². The van der Waals surface area contributed by atoms with Crippen LogP contribution in [-0.2, 0) is 41.7 Å². The van der Waals surface area contributed by atoms with Crippen molar-refractivity contribution >= 4 is 23.6 Å². The topological polar surface area (TPSA) is 192 Å². The summed E-state index contributed by atoms with van der Waals surface area (Å²) in [6.07, 6.45) is 12.8. The molecule has 2 aromatic rings. The Hall–Kier alpha value is -4.67. The molecule has 1 aromatic carbocycles. The number of aryl methyl sites for hydroxylation is 1. The summed E-state index contributed by atoms with van der Waals surface area (Å²) in [5, 5.41) is 24.3. The second-order valence-electron chi connectivity index (χ2n) is 13.1. The molecular formula is C41H57NO12. The molecule has 0 unspecified atom stereocenters. The first-order valence-electron chi connectivity index (χ1n) is 18.8. The van der Waals surface area contributed by atoms with E-state index in [1.807, 2.05) is 0 Å². The van der Waals surface area contributed by atoms with Gasteiger partial charge >= 0.3 is 17.8 Å². The number of hydrogen-bond donors (Lipinski definition) is 3. The third-order valence-electron chi connectivity index (χ3n) is 8.93. The molecule has 13 nitrogen and oxygen atoms in total.